The molecule has 0 aliphatic rings. The summed E-state index contributed by atoms with van der Waals surface area (Å²) in [4.78, 5) is 22.8. The van der Waals surface area contributed by atoms with E-state index in [4.69, 9.17) is 5.11 Å². The fourth-order valence-corrected chi connectivity index (χ4v) is 1.89. The van der Waals surface area contributed by atoms with Crippen molar-refractivity contribution in [2.75, 3.05) is 0 Å². The number of nitrogens with zero attached hydrogens (tertiary/aromatic N) is 1. The first kappa shape index (κ1) is 13.1. The second-order valence-electron chi connectivity index (χ2n) is 5.08. The second-order valence-corrected chi connectivity index (χ2v) is 5.08. The molecule has 2 rings (SSSR count). The van der Waals surface area contributed by atoms with Crippen molar-refractivity contribution in [3.8, 4) is 0 Å². The van der Waals surface area contributed by atoms with Crippen LogP contribution < -0.4 is 5.32 Å². The highest BCUT2D eigenvalue weighted by Gasteiger charge is 2.24. The summed E-state index contributed by atoms with van der Waals surface area (Å²) in [5, 5.41) is 19.0. The molecule has 1 aromatic carbocycles. The quantitative estimate of drug-likeness (QED) is 0.778. The first-order valence-corrected chi connectivity index (χ1v) is 5.85. The molecule has 1 aromatic heterocycles. The van der Waals surface area contributed by atoms with Gasteiger partial charge in [-0.3, -0.25) is 14.7 Å². The number of hydrogen-bond acceptors (Lipinski definition) is 3. The van der Waals surface area contributed by atoms with E-state index in [1.807, 2.05) is 0 Å². The van der Waals surface area contributed by atoms with Gasteiger partial charge in [-0.2, -0.15) is 5.10 Å². The predicted octanol–water partition coefficient (Wildman–Crippen LogP) is 1.55. The Hall–Kier alpha value is -2.37. The Labute approximate surface area is 109 Å². The van der Waals surface area contributed by atoms with Crippen LogP contribution in [0.5, 0.6) is 0 Å². The van der Waals surface area contributed by atoms with Gasteiger partial charge < -0.3 is 10.4 Å². The Morgan fingerprint density at radius 1 is 1.42 bits per heavy atom. The first-order valence-electron chi connectivity index (χ1n) is 5.85. The van der Waals surface area contributed by atoms with Crippen molar-refractivity contribution in [1.82, 2.24) is 15.5 Å². The maximum absolute atomic E-state index is 12.1. The van der Waals surface area contributed by atoms with Crippen LogP contribution in [0.1, 0.15) is 30.6 Å². The molecular weight excluding hydrogens is 246 g/mol. The molecule has 0 aliphatic heterocycles. The molecule has 0 spiro atoms. The number of aliphatic carboxylic acids is 1. The molecule has 0 aliphatic carbocycles. The third-order valence-corrected chi connectivity index (χ3v) is 2.75. The topological polar surface area (TPSA) is 95.1 Å². The maximum Gasteiger partial charge on any atom is 0.305 e. The Kier molecular flexibility index (Phi) is 3.25. The summed E-state index contributed by atoms with van der Waals surface area (Å²) < 4.78 is 0. The number of hydrogen-bond donors (Lipinski definition) is 3. The molecule has 1 heterocycles. The van der Waals surface area contributed by atoms with E-state index in [0.717, 1.165) is 10.9 Å². The van der Waals surface area contributed by atoms with Crippen LogP contribution in [-0.4, -0.2) is 32.7 Å². The Balaban J connectivity index is 2.17. The molecule has 3 N–H and O–H groups in total. The lowest BCUT2D eigenvalue weighted by Crippen LogP contribution is -2.44. The van der Waals surface area contributed by atoms with Gasteiger partial charge >= 0.3 is 5.97 Å². The largest absolute Gasteiger partial charge is 0.481 e. The summed E-state index contributed by atoms with van der Waals surface area (Å²) in [7, 11) is 0. The van der Waals surface area contributed by atoms with Gasteiger partial charge in [0.1, 0.15) is 0 Å². The minimum absolute atomic E-state index is 0.132. The number of carbonyl (C=O) groups excluding carboxylic acids is 1. The van der Waals surface area contributed by atoms with Crippen LogP contribution in [-0.2, 0) is 4.79 Å². The number of rotatable bonds is 4. The highest BCUT2D eigenvalue weighted by molar-refractivity contribution is 5.98. The van der Waals surface area contributed by atoms with Crippen LogP contribution in [0.4, 0.5) is 0 Å². The fraction of sp³-hybridized carbons (Fsp3) is 0.308. The van der Waals surface area contributed by atoms with Crippen molar-refractivity contribution in [3.05, 3.63) is 30.0 Å². The number of aromatic nitrogens is 2. The van der Waals surface area contributed by atoms with Crippen molar-refractivity contribution in [2.45, 2.75) is 25.8 Å². The van der Waals surface area contributed by atoms with Crippen LogP contribution in [0, 0.1) is 0 Å². The van der Waals surface area contributed by atoms with E-state index in [1.165, 1.54) is 0 Å². The minimum atomic E-state index is -0.949. The van der Waals surface area contributed by atoms with Gasteiger partial charge in [-0.1, -0.05) is 0 Å². The number of fused-ring (bicyclic) bond motifs is 1. The van der Waals surface area contributed by atoms with Crippen molar-refractivity contribution in [1.29, 1.82) is 0 Å². The predicted molar refractivity (Wildman–Crippen MR) is 69.9 cm³/mol. The number of H-pyrrole nitrogens is 1. The van der Waals surface area contributed by atoms with Crippen molar-refractivity contribution in [3.63, 3.8) is 0 Å². The lowest BCUT2D eigenvalue weighted by atomic mass is 10.00. The number of benzene rings is 1. The van der Waals surface area contributed by atoms with Crippen LogP contribution >= 0.6 is 0 Å². The zero-order valence-corrected chi connectivity index (χ0v) is 10.7. The summed E-state index contributed by atoms with van der Waals surface area (Å²) in [6.45, 7) is 3.35. The van der Waals surface area contributed by atoms with Gasteiger partial charge in [0.2, 0.25) is 0 Å². The summed E-state index contributed by atoms with van der Waals surface area (Å²) in [5.74, 6) is -1.25. The number of amides is 1. The van der Waals surface area contributed by atoms with E-state index in [0.29, 0.717) is 5.56 Å². The van der Waals surface area contributed by atoms with Gasteiger partial charge in [-0.15, -0.1) is 0 Å². The molecule has 0 fully saturated rings. The number of nitrogens with one attached hydrogen (secondary N) is 2. The summed E-state index contributed by atoms with van der Waals surface area (Å²) >= 11 is 0. The van der Waals surface area contributed by atoms with Gasteiger partial charge in [0.05, 0.1) is 18.1 Å². The molecule has 0 unspecified atom stereocenters. The van der Waals surface area contributed by atoms with Gasteiger partial charge in [-0.25, -0.2) is 0 Å². The zero-order chi connectivity index (χ0) is 14.0. The first-order chi connectivity index (χ1) is 8.87. The van der Waals surface area contributed by atoms with E-state index in [2.05, 4.69) is 15.5 Å². The SMILES string of the molecule is CC(C)(CC(=O)O)NC(=O)c1ccc2[nH]ncc2c1. The Morgan fingerprint density at radius 2 is 2.16 bits per heavy atom. The summed E-state index contributed by atoms with van der Waals surface area (Å²) in [6.07, 6.45) is 1.50. The molecule has 0 saturated carbocycles. The second kappa shape index (κ2) is 4.72. The van der Waals surface area contributed by atoms with Crippen LogP contribution in [0.2, 0.25) is 0 Å². The van der Waals surface area contributed by atoms with Crippen LogP contribution in [0.15, 0.2) is 24.4 Å². The van der Waals surface area contributed by atoms with E-state index >= 15 is 0 Å². The van der Waals surface area contributed by atoms with Gasteiger partial charge in [0.25, 0.3) is 5.91 Å². The zero-order valence-electron chi connectivity index (χ0n) is 10.7. The molecule has 0 radical (unpaired) electrons. The summed E-state index contributed by atoms with van der Waals surface area (Å²) in [6, 6.07) is 5.15. The molecule has 6 heteroatoms. The molecule has 0 atom stereocenters. The monoisotopic (exact) mass is 261 g/mol. The standard InChI is InChI=1S/C13H15N3O3/c1-13(2,6-11(17)18)15-12(19)8-3-4-10-9(5-8)7-14-16-10/h3-5,7H,6H2,1-2H3,(H,14,16)(H,15,19)(H,17,18). The Morgan fingerprint density at radius 3 is 2.84 bits per heavy atom. The molecule has 19 heavy (non-hydrogen) atoms. The highest BCUT2D eigenvalue weighted by Crippen LogP contribution is 2.15. The van der Waals surface area contributed by atoms with E-state index in [1.54, 1.807) is 38.2 Å². The average Bonchev–Trinajstić information content (AvgIpc) is 2.72. The molecule has 0 saturated heterocycles. The average molecular weight is 261 g/mol. The molecule has 0 bridgehead atoms. The van der Waals surface area contributed by atoms with Crippen LogP contribution in [0.3, 0.4) is 0 Å². The fourth-order valence-electron chi connectivity index (χ4n) is 1.89. The number of carboxylic acids is 1. The lowest BCUT2D eigenvalue weighted by molar-refractivity contribution is -0.138. The van der Waals surface area contributed by atoms with E-state index in [-0.39, 0.29) is 12.3 Å². The van der Waals surface area contributed by atoms with Crippen LogP contribution in [0.25, 0.3) is 10.9 Å². The van der Waals surface area contributed by atoms with Crippen molar-refractivity contribution >= 4 is 22.8 Å². The summed E-state index contributed by atoms with van der Waals surface area (Å²) in [5.41, 5.74) is 0.530. The molecule has 1 amide bonds. The normalized spacial score (nSPS) is 11.5. The maximum atomic E-state index is 12.1. The lowest BCUT2D eigenvalue weighted by Gasteiger charge is -2.24. The van der Waals surface area contributed by atoms with Crippen molar-refractivity contribution < 1.29 is 14.7 Å². The van der Waals surface area contributed by atoms with Crippen molar-refractivity contribution in [2.24, 2.45) is 0 Å². The number of aromatic amines is 1. The number of carboxylic acid groups (broad SMARTS) is 1. The number of carbonyl (C=O) groups is 2. The molecule has 100 valence electrons. The van der Waals surface area contributed by atoms with Gasteiger partial charge in [-0.05, 0) is 32.0 Å². The Bertz CT molecular complexity index is 631. The smallest absolute Gasteiger partial charge is 0.305 e. The van der Waals surface area contributed by atoms with E-state index in [9.17, 15) is 9.59 Å². The molecular formula is C13H15N3O3. The molecule has 2 aromatic rings. The minimum Gasteiger partial charge on any atom is -0.481 e. The van der Waals surface area contributed by atoms with Gasteiger partial charge in [0, 0.05) is 16.5 Å². The molecule has 6 nitrogen and oxygen atoms in total. The third-order valence-electron chi connectivity index (χ3n) is 2.75. The highest BCUT2D eigenvalue weighted by atomic mass is 16.4. The van der Waals surface area contributed by atoms with E-state index < -0.39 is 11.5 Å². The van der Waals surface area contributed by atoms with Gasteiger partial charge in [0.15, 0.2) is 0 Å². The third kappa shape index (κ3) is 3.09.